The van der Waals surface area contributed by atoms with Crippen LogP contribution in [-0.4, -0.2) is 19.5 Å². The van der Waals surface area contributed by atoms with Crippen molar-refractivity contribution in [2.75, 3.05) is 4.72 Å². The minimum atomic E-state index is -3.79. The predicted molar refractivity (Wildman–Crippen MR) is 81.0 cm³/mol. The van der Waals surface area contributed by atoms with Crippen LogP contribution in [0.1, 0.15) is 15.9 Å². The number of carbonyl (C=O) groups is 1. The molecule has 0 aliphatic rings. The van der Waals surface area contributed by atoms with Crippen molar-refractivity contribution in [3.8, 4) is 0 Å². The second-order valence-electron chi connectivity index (χ2n) is 4.05. The molecule has 5 nitrogen and oxygen atoms in total. The Labute approximate surface area is 128 Å². The van der Waals surface area contributed by atoms with E-state index >= 15 is 0 Å². The van der Waals surface area contributed by atoms with E-state index in [1.807, 2.05) is 6.92 Å². The predicted octanol–water partition coefficient (Wildman–Crippen LogP) is 3.32. The van der Waals surface area contributed by atoms with E-state index in [9.17, 15) is 13.2 Å². The minimum Gasteiger partial charge on any atom is -0.478 e. The number of sulfonamides is 1. The number of carboxylic acid groups (broad SMARTS) is 1. The van der Waals surface area contributed by atoms with Gasteiger partial charge in [0.2, 0.25) is 0 Å². The molecule has 2 N–H and O–H groups in total. The van der Waals surface area contributed by atoms with Crippen molar-refractivity contribution in [2.24, 2.45) is 0 Å². The van der Waals surface area contributed by atoms with Gasteiger partial charge < -0.3 is 5.11 Å². The van der Waals surface area contributed by atoms with Gasteiger partial charge in [0, 0.05) is 9.85 Å². The molecular weight excluding hydrogens is 366 g/mol. The number of carboxylic acids is 1. The van der Waals surface area contributed by atoms with E-state index in [2.05, 4.69) is 20.7 Å². The summed E-state index contributed by atoms with van der Waals surface area (Å²) in [4.78, 5) is 10.8. The molecule has 0 bridgehead atoms. The summed E-state index contributed by atoms with van der Waals surface area (Å²) >= 11 is 4.15. The van der Waals surface area contributed by atoms with Crippen molar-refractivity contribution in [3.63, 3.8) is 0 Å². The van der Waals surface area contributed by atoms with Crippen LogP contribution in [0.4, 0.5) is 5.69 Å². The fourth-order valence-corrected chi connectivity index (χ4v) is 4.42. The molecule has 20 heavy (non-hydrogen) atoms. The van der Waals surface area contributed by atoms with Gasteiger partial charge in [-0.25, -0.2) is 13.2 Å². The highest BCUT2D eigenvalue weighted by atomic mass is 79.9. The maximum Gasteiger partial charge on any atom is 0.336 e. The van der Waals surface area contributed by atoms with Crippen LogP contribution < -0.4 is 4.72 Å². The summed E-state index contributed by atoms with van der Waals surface area (Å²) in [6.45, 7) is 1.89. The first-order valence-corrected chi connectivity index (χ1v) is 8.56. The van der Waals surface area contributed by atoms with Gasteiger partial charge in [-0.2, -0.15) is 0 Å². The third-order valence-electron chi connectivity index (χ3n) is 2.46. The normalized spacial score (nSPS) is 11.3. The van der Waals surface area contributed by atoms with E-state index in [1.54, 1.807) is 18.2 Å². The number of hydrogen-bond acceptors (Lipinski definition) is 4. The summed E-state index contributed by atoms with van der Waals surface area (Å²) in [7, 11) is -3.79. The van der Waals surface area contributed by atoms with Crippen LogP contribution >= 0.6 is 27.3 Å². The smallest absolute Gasteiger partial charge is 0.336 e. The summed E-state index contributed by atoms with van der Waals surface area (Å²) < 4.78 is 27.3. The zero-order chi connectivity index (χ0) is 14.9. The van der Waals surface area contributed by atoms with Crippen LogP contribution in [0.3, 0.4) is 0 Å². The molecule has 0 saturated heterocycles. The molecule has 106 valence electrons. The third-order valence-corrected chi connectivity index (χ3v) is 5.92. The fourth-order valence-electron chi connectivity index (χ4n) is 1.47. The molecule has 0 fully saturated rings. The Morgan fingerprint density at radius 2 is 2.05 bits per heavy atom. The van der Waals surface area contributed by atoms with Gasteiger partial charge in [0.15, 0.2) is 0 Å². The van der Waals surface area contributed by atoms with Gasteiger partial charge in [0.1, 0.15) is 4.21 Å². The highest BCUT2D eigenvalue weighted by Gasteiger charge is 2.19. The second kappa shape index (κ2) is 5.55. The minimum absolute atomic E-state index is 0.0395. The van der Waals surface area contributed by atoms with Crippen molar-refractivity contribution in [1.29, 1.82) is 0 Å². The SMILES string of the molecule is Cc1ccc(NS(=O)(=O)c2cc(C(=O)O)cs2)c(Br)c1. The zero-order valence-electron chi connectivity index (χ0n) is 10.3. The molecule has 1 aromatic heterocycles. The molecule has 0 aliphatic heterocycles. The largest absolute Gasteiger partial charge is 0.478 e. The van der Waals surface area contributed by atoms with Gasteiger partial charge in [0.05, 0.1) is 11.3 Å². The highest BCUT2D eigenvalue weighted by molar-refractivity contribution is 9.10. The Morgan fingerprint density at radius 1 is 1.35 bits per heavy atom. The van der Waals surface area contributed by atoms with Crippen LogP contribution in [0.15, 0.2) is 38.3 Å². The van der Waals surface area contributed by atoms with Crippen molar-refractivity contribution < 1.29 is 18.3 Å². The van der Waals surface area contributed by atoms with Crippen LogP contribution in [0, 0.1) is 6.92 Å². The average molecular weight is 376 g/mol. The van der Waals surface area contributed by atoms with Crippen molar-refractivity contribution >= 4 is 48.9 Å². The molecule has 0 unspecified atom stereocenters. The number of nitrogens with one attached hydrogen (secondary N) is 1. The van der Waals surface area contributed by atoms with Crippen LogP contribution in [0.25, 0.3) is 0 Å². The lowest BCUT2D eigenvalue weighted by Crippen LogP contribution is -2.12. The summed E-state index contributed by atoms with van der Waals surface area (Å²) in [5.41, 5.74) is 1.35. The van der Waals surface area contributed by atoms with Gasteiger partial charge in [-0.15, -0.1) is 11.3 Å². The maximum absolute atomic E-state index is 12.2. The van der Waals surface area contributed by atoms with Gasteiger partial charge in [0.25, 0.3) is 10.0 Å². The van der Waals surface area contributed by atoms with Crippen molar-refractivity contribution in [3.05, 3.63) is 45.2 Å². The number of anilines is 1. The Morgan fingerprint density at radius 3 is 2.60 bits per heavy atom. The molecule has 1 heterocycles. The first kappa shape index (κ1) is 15.0. The maximum atomic E-state index is 12.2. The lowest BCUT2D eigenvalue weighted by atomic mass is 10.2. The fraction of sp³-hybridized carbons (Fsp3) is 0.0833. The number of halogens is 1. The molecule has 0 spiro atoms. The third kappa shape index (κ3) is 3.20. The van der Waals surface area contributed by atoms with E-state index < -0.39 is 16.0 Å². The van der Waals surface area contributed by atoms with Crippen LogP contribution in [0.5, 0.6) is 0 Å². The second-order valence-corrected chi connectivity index (χ2v) is 7.72. The number of aryl methyl sites for hydroxylation is 1. The van der Waals surface area contributed by atoms with Gasteiger partial charge in [-0.3, -0.25) is 4.72 Å². The standard InChI is InChI=1S/C12H10BrNO4S2/c1-7-2-3-10(9(13)4-7)14-20(17,18)11-5-8(6-19-11)12(15)16/h2-6,14H,1H3,(H,15,16). The zero-order valence-corrected chi connectivity index (χ0v) is 13.5. The Kier molecular flexibility index (Phi) is 4.17. The first-order chi connectivity index (χ1) is 9.29. The molecule has 0 radical (unpaired) electrons. The Hall–Kier alpha value is -1.38. The number of benzene rings is 1. The lowest BCUT2D eigenvalue weighted by Gasteiger charge is -2.08. The van der Waals surface area contributed by atoms with E-state index in [0.717, 1.165) is 23.0 Å². The van der Waals surface area contributed by atoms with E-state index in [0.29, 0.717) is 10.2 Å². The number of rotatable bonds is 4. The van der Waals surface area contributed by atoms with E-state index in [1.165, 1.54) is 5.38 Å². The quantitative estimate of drug-likeness (QED) is 0.858. The molecule has 0 saturated carbocycles. The van der Waals surface area contributed by atoms with E-state index in [4.69, 9.17) is 5.11 Å². The molecule has 8 heteroatoms. The summed E-state index contributed by atoms with van der Waals surface area (Å²) in [6.07, 6.45) is 0. The molecule has 0 aliphatic carbocycles. The number of aromatic carboxylic acids is 1. The Balaban J connectivity index is 2.33. The van der Waals surface area contributed by atoms with Crippen molar-refractivity contribution in [2.45, 2.75) is 11.1 Å². The monoisotopic (exact) mass is 375 g/mol. The van der Waals surface area contributed by atoms with E-state index in [-0.39, 0.29) is 9.77 Å². The summed E-state index contributed by atoms with van der Waals surface area (Å²) in [5.74, 6) is -1.15. The molecular formula is C12H10BrNO4S2. The molecule has 2 aromatic rings. The van der Waals surface area contributed by atoms with Gasteiger partial charge in [-0.1, -0.05) is 6.07 Å². The number of hydrogen-bond donors (Lipinski definition) is 2. The average Bonchev–Trinajstić information content (AvgIpc) is 2.83. The molecule has 2 rings (SSSR count). The summed E-state index contributed by atoms with van der Waals surface area (Å²) in [6, 6.07) is 6.34. The molecule has 1 aromatic carbocycles. The van der Waals surface area contributed by atoms with Gasteiger partial charge >= 0.3 is 5.97 Å². The van der Waals surface area contributed by atoms with Crippen molar-refractivity contribution in [1.82, 2.24) is 0 Å². The topological polar surface area (TPSA) is 83.5 Å². The van der Waals surface area contributed by atoms with Gasteiger partial charge in [-0.05, 0) is 46.6 Å². The number of thiophene rings is 1. The summed E-state index contributed by atoms with van der Waals surface area (Å²) in [5, 5.41) is 10.1. The highest BCUT2D eigenvalue weighted by Crippen LogP contribution is 2.28. The Bertz CT molecular complexity index is 768. The molecule has 0 amide bonds. The molecule has 0 atom stereocenters. The van der Waals surface area contributed by atoms with Crippen LogP contribution in [0.2, 0.25) is 0 Å². The van der Waals surface area contributed by atoms with Crippen LogP contribution in [-0.2, 0) is 10.0 Å². The first-order valence-electron chi connectivity index (χ1n) is 5.40. The lowest BCUT2D eigenvalue weighted by molar-refractivity contribution is 0.0697.